The zero-order chi connectivity index (χ0) is 13.7. The molecule has 1 N–H and O–H groups in total. The smallest absolute Gasteiger partial charge is 0.0820 e. The normalized spacial score (nSPS) is 15.1. The molecule has 0 saturated carbocycles. The van der Waals surface area contributed by atoms with Crippen molar-refractivity contribution in [1.29, 1.82) is 0 Å². The topological polar surface area (TPSA) is 33.1 Å². The van der Waals surface area contributed by atoms with E-state index in [1.807, 2.05) is 11.7 Å². The lowest BCUT2D eigenvalue weighted by molar-refractivity contribution is 0.358. The van der Waals surface area contributed by atoms with Crippen LogP contribution in [0.2, 0.25) is 5.02 Å². The molecule has 0 saturated heterocycles. The van der Waals surface area contributed by atoms with Gasteiger partial charge < -0.3 is 10.2 Å². The highest BCUT2D eigenvalue weighted by atomic mass is 35.5. The fraction of sp³-hybridized carbons (Fsp3) is 0.769. The highest BCUT2D eigenvalue weighted by molar-refractivity contribution is 6.31. The quantitative estimate of drug-likeness (QED) is 0.825. The van der Waals surface area contributed by atoms with E-state index in [-0.39, 0.29) is 0 Å². The second-order valence-corrected chi connectivity index (χ2v) is 5.64. The van der Waals surface area contributed by atoms with Gasteiger partial charge in [0.15, 0.2) is 0 Å². The summed E-state index contributed by atoms with van der Waals surface area (Å²) >= 11 is 6.28. The first kappa shape index (κ1) is 15.5. The van der Waals surface area contributed by atoms with E-state index in [1.165, 1.54) is 0 Å². The van der Waals surface area contributed by atoms with Gasteiger partial charge in [-0.15, -0.1) is 0 Å². The summed E-state index contributed by atoms with van der Waals surface area (Å²) in [6.45, 7) is 7.29. The predicted molar refractivity (Wildman–Crippen MR) is 77.3 cm³/mol. The van der Waals surface area contributed by atoms with Crippen molar-refractivity contribution >= 4 is 11.6 Å². The van der Waals surface area contributed by atoms with Crippen LogP contribution < -0.4 is 5.32 Å². The largest absolute Gasteiger partial charge is 0.319 e. The number of rotatable bonds is 7. The maximum atomic E-state index is 6.28. The number of nitrogens with zero attached hydrogens (tertiary/aromatic N) is 3. The van der Waals surface area contributed by atoms with Crippen LogP contribution in [0.4, 0.5) is 0 Å². The molecule has 1 heterocycles. The molecule has 0 radical (unpaired) electrons. The first-order valence-electron chi connectivity index (χ1n) is 6.47. The lowest BCUT2D eigenvalue weighted by atomic mass is 9.92. The number of hydrogen-bond donors (Lipinski definition) is 1. The monoisotopic (exact) mass is 272 g/mol. The molecule has 0 aliphatic heterocycles. The van der Waals surface area contributed by atoms with E-state index >= 15 is 0 Å². The fourth-order valence-electron chi connectivity index (χ4n) is 2.07. The number of halogens is 1. The lowest BCUT2D eigenvalue weighted by Crippen LogP contribution is -2.25. The SMILES string of the molecule is CNCC(C)C(C)c1c(Cl)cnn1CCN(C)C. The summed E-state index contributed by atoms with van der Waals surface area (Å²) in [4.78, 5) is 2.15. The van der Waals surface area contributed by atoms with E-state index in [4.69, 9.17) is 11.6 Å². The van der Waals surface area contributed by atoms with Gasteiger partial charge in [-0.05, 0) is 33.6 Å². The molecular formula is C13H25ClN4. The molecule has 0 fully saturated rings. The van der Waals surface area contributed by atoms with E-state index in [2.05, 4.69) is 43.3 Å². The van der Waals surface area contributed by atoms with Gasteiger partial charge in [0.1, 0.15) is 0 Å². The van der Waals surface area contributed by atoms with Crippen molar-refractivity contribution in [1.82, 2.24) is 20.0 Å². The van der Waals surface area contributed by atoms with Gasteiger partial charge in [0.05, 0.1) is 23.5 Å². The van der Waals surface area contributed by atoms with Crippen LogP contribution in [0, 0.1) is 5.92 Å². The Labute approximate surface area is 115 Å². The van der Waals surface area contributed by atoms with Crippen LogP contribution in [0.3, 0.4) is 0 Å². The Kier molecular flexibility index (Phi) is 6.12. The van der Waals surface area contributed by atoms with Gasteiger partial charge in [-0.25, -0.2) is 0 Å². The molecule has 0 aliphatic carbocycles. The minimum atomic E-state index is 0.398. The molecule has 2 atom stereocenters. The van der Waals surface area contributed by atoms with Crippen LogP contribution in [0.15, 0.2) is 6.20 Å². The maximum absolute atomic E-state index is 6.28. The number of hydrogen-bond acceptors (Lipinski definition) is 3. The van der Waals surface area contributed by atoms with Gasteiger partial charge in [0.25, 0.3) is 0 Å². The summed E-state index contributed by atoms with van der Waals surface area (Å²) in [6, 6.07) is 0. The first-order chi connectivity index (χ1) is 8.47. The molecule has 5 heteroatoms. The fourth-order valence-corrected chi connectivity index (χ4v) is 2.38. The Bertz CT molecular complexity index is 362. The average molecular weight is 273 g/mol. The summed E-state index contributed by atoms with van der Waals surface area (Å²) < 4.78 is 2.04. The van der Waals surface area contributed by atoms with Gasteiger partial charge in [-0.1, -0.05) is 25.4 Å². The summed E-state index contributed by atoms with van der Waals surface area (Å²) in [6.07, 6.45) is 1.76. The van der Waals surface area contributed by atoms with Crippen molar-refractivity contribution in [3.63, 3.8) is 0 Å². The van der Waals surface area contributed by atoms with Crippen LogP contribution in [0.1, 0.15) is 25.5 Å². The summed E-state index contributed by atoms with van der Waals surface area (Å²) in [5, 5.41) is 8.39. The third-order valence-electron chi connectivity index (χ3n) is 3.40. The minimum Gasteiger partial charge on any atom is -0.319 e. The van der Waals surface area contributed by atoms with Crippen molar-refractivity contribution < 1.29 is 0 Å². The van der Waals surface area contributed by atoms with Gasteiger partial charge >= 0.3 is 0 Å². The van der Waals surface area contributed by atoms with E-state index in [1.54, 1.807) is 6.20 Å². The molecule has 1 aromatic rings. The summed E-state index contributed by atoms with van der Waals surface area (Å²) in [5.74, 6) is 0.928. The lowest BCUT2D eigenvalue weighted by Gasteiger charge is -2.22. The standard InChI is InChI=1S/C13H25ClN4/c1-10(8-15-3)11(2)13-12(14)9-16-18(13)7-6-17(4)5/h9-11,15H,6-8H2,1-5H3. The van der Waals surface area contributed by atoms with Gasteiger partial charge in [-0.2, -0.15) is 5.10 Å². The van der Waals surface area contributed by atoms with E-state index in [9.17, 15) is 0 Å². The Balaban J connectivity index is 2.82. The van der Waals surface area contributed by atoms with Crippen LogP contribution in [0.5, 0.6) is 0 Å². The maximum Gasteiger partial charge on any atom is 0.0820 e. The van der Waals surface area contributed by atoms with E-state index in [0.29, 0.717) is 11.8 Å². The molecule has 0 spiro atoms. The molecule has 0 aliphatic rings. The molecule has 104 valence electrons. The number of aromatic nitrogens is 2. The molecule has 0 bridgehead atoms. The van der Waals surface area contributed by atoms with Crippen LogP contribution in [-0.2, 0) is 6.54 Å². The number of nitrogens with one attached hydrogen (secondary N) is 1. The third-order valence-corrected chi connectivity index (χ3v) is 3.69. The average Bonchev–Trinajstić information content (AvgIpc) is 2.67. The van der Waals surface area contributed by atoms with Gasteiger partial charge in [0.2, 0.25) is 0 Å². The van der Waals surface area contributed by atoms with E-state index in [0.717, 1.165) is 30.4 Å². The predicted octanol–water partition coefficient (Wildman–Crippen LogP) is 2.06. The Morgan fingerprint density at radius 2 is 2.11 bits per heavy atom. The van der Waals surface area contributed by atoms with E-state index < -0.39 is 0 Å². The molecule has 0 amide bonds. The molecule has 0 aromatic carbocycles. The van der Waals surface area contributed by atoms with Crippen molar-refractivity contribution in [3.8, 4) is 0 Å². The first-order valence-corrected chi connectivity index (χ1v) is 6.85. The molecule has 1 aromatic heterocycles. The number of likely N-dealkylation sites (N-methyl/N-ethyl adjacent to an activating group) is 1. The molecular weight excluding hydrogens is 248 g/mol. The van der Waals surface area contributed by atoms with Crippen LogP contribution in [-0.4, -0.2) is 48.9 Å². The van der Waals surface area contributed by atoms with Gasteiger partial charge in [-0.3, -0.25) is 4.68 Å². The second kappa shape index (κ2) is 7.12. The molecule has 2 unspecified atom stereocenters. The zero-order valence-corrected chi connectivity index (χ0v) is 12.8. The Morgan fingerprint density at radius 1 is 1.44 bits per heavy atom. The second-order valence-electron chi connectivity index (χ2n) is 5.23. The van der Waals surface area contributed by atoms with Crippen LogP contribution >= 0.6 is 11.6 Å². The van der Waals surface area contributed by atoms with Crippen LogP contribution in [0.25, 0.3) is 0 Å². The molecule has 1 rings (SSSR count). The Hall–Kier alpha value is -0.580. The van der Waals surface area contributed by atoms with Crippen molar-refractivity contribution in [3.05, 3.63) is 16.9 Å². The third kappa shape index (κ3) is 3.97. The van der Waals surface area contributed by atoms with Crippen molar-refractivity contribution in [2.24, 2.45) is 5.92 Å². The van der Waals surface area contributed by atoms with Crippen molar-refractivity contribution in [2.45, 2.75) is 26.3 Å². The van der Waals surface area contributed by atoms with Gasteiger partial charge in [0, 0.05) is 12.5 Å². The highest BCUT2D eigenvalue weighted by Gasteiger charge is 2.21. The molecule has 4 nitrogen and oxygen atoms in total. The Morgan fingerprint density at radius 3 is 2.67 bits per heavy atom. The van der Waals surface area contributed by atoms with Crippen molar-refractivity contribution in [2.75, 3.05) is 34.2 Å². The summed E-state index contributed by atoms with van der Waals surface area (Å²) in [5.41, 5.74) is 1.15. The minimum absolute atomic E-state index is 0.398. The molecule has 18 heavy (non-hydrogen) atoms. The highest BCUT2D eigenvalue weighted by Crippen LogP contribution is 2.29. The zero-order valence-electron chi connectivity index (χ0n) is 12.1. The summed E-state index contributed by atoms with van der Waals surface area (Å²) in [7, 11) is 6.11.